The summed E-state index contributed by atoms with van der Waals surface area (Å²) in [7, 11) is 1.52. The van der Waals surface area contributed by atoms with Crippen molar-refractivity contribution >= 4 is 6.29 Å². The van der Waals surface area contributed by atoms with E-state index in [4.69, 9.17) is 4.74 Å². The fourth-order valence-corrected chi connectivity index (χ4v) is 1.60. The van der Waals surface area contributed by atoms with Crippen LogP contribution in [0.25, 0.3) is 0 Å². The second kappa shape index (κ2) is 4.82. The van der Waals surface area contributed by atoms with Gasteiger partial charge in [-0.25, -0.2) is 0 Å². The van der Waals surface area contributed by atoms with E-state index in [0.29, 0.717) is 18.6 Å². The summed E-state index contributed by atoms with van der Waals surface area (Å²) >= 11 is 0. The zero-order chi connectivity index (χ0) is 11.4. The van der Waals surface area contributed by atoms with Crippen molar-refractivity contribution in [1.82, 2.24) is 0 Å². The van der Waals surface area contributed by atoms with Crippen LogP contribution in [0, 0.1) is 13.8 Å². The molecule has 0 atom stereocenters. The second-order valence-corrected chi connectivity index (χ2v) is 3.55. The molecule has 0 saturated heterocycles. The third-order valence-electron chi connectivity index (χ3n) is 2.64. The van der Waals surface area contributed by atoms with E-state index in [1.54, 1.807) is 6.07 Å². The zero-order valence-corrected chi connectivity index (χ0v) is 9.33. The van der Waals surface area contributed by atoms with Crippen LogP contribution in [0.15, 0.2) is 6.07 Å². The van der Waals surface area contributed by atoms with Crippen LogP contribution in [-0.2, 0) is 11.2 Å². The van der Waals surface area contributed by atoms with Crippen LogP contribution >= 0.6 is 0 Å². The van der Waals surface area contributed by atoms with Crippen LogP contribution in [0.5, 0.6) is 11.5 Å². The monoisotopic (exact) mass is 208 g/mol. The topological polar surface area (TPSA) is 46.5 Å². The fraction of sp³-hybridized carbons (Fsp3) is 0.417. The number of carbonyl (C=O) groups excluding carboxylic acids is 1. The highest BCUT2D eigenvalue weighted by Crippen LogP contribution is 2.34. The first kappa shape index (κ1) is 11.6. The van der Waals surface area contributed by atoms with Gasteiger partial charge in [0.1, 0.15) is 6.29 Å². The molecule has 0 spiro atoms. The molecule has 0 heterocycles. The Morgan fingerprint density at radius 1 is 1.47 bits per heavy atom. The minimum Gasteiger partial charge on any atom is -0.504 e. The highest BCUT2D eigenvalue weighted by atomic mass is 16.5. The molecule has 0 radical (unpaired) electrons. The van der Waals surface area contributed by atoms with Crippen LogP contribution in [0.2, 0.25) is 0 Å². The highest BCUT2D eigenvalue weighted by molar-refractivity contribution is 5.56. The van der Waals surface area contributed by atoms with E-state index in [-0.39, 0.29) is 5.75 Å². The van der Waals surface area contributed by atoms with E-state index in [0.717, 1.165) is 23.0 Å². The summed E-state index contributed by atoms with van der Waals surface area (Å²) in [4.78, 5) is 10.3. The van der Waals surface area contributed by atoms with Gasteiger partial charge in [-0.1, -0.05) is 0 Å². The molecule has 3 nitrogen and oxygen atoms in total. The van der Waals surface area contributed by atoms with Gasteiger partial charge in [-0.2, -0.15) is 0 Å². The Kier molecular flexibility index (Phi) is 3.72. The number of aldehydes is 1. The Balaban J connectivity index is 3.20. The van der Waals surface area contributed by atoms with E-state index in [2.05, 4.69) is 0 Å². The summed E-state index contributed by atoms with van der Waals surface area (Å²) < 4.78 is 5.06. The molecule has 1 aromatic rings. The lowest BCUT2D eigenvalue weighted by atomic mass is 9.98. The molecule has 3 heteroatoms. The summed E-state index contributed by atoms with van der Waals surface area (Å²) in [6.07, 6.45) is 1.83. The number of ether oxygens (including phenoxy) is 1. The molecular formula is C12H16O3. The standard InChI is InChI=1S/C12H16O3/c1-8-7-11(15-3)12(14)10(9(8)2)5-4-6-13/h6-7,14H,4-5H2,1-3H3. The van der Waals surface area contributed by atoms with Crippen molar-refractivity contribution in [2.45, 2.75) is 26.7 Å². The number of methoxy groups -OCH3 is 1. The maximum atomic E-state index is 10.3. The van der Waals surface area contributed by atoms with Crippen molar-refractivity contribution in [1.29, 1.82) is 0 Å². The van der Waals surface area contributed by atoms with E-state index in [1.807, 2.05) is 13.8 Å². The smallest absolute Gasteiger partial charge is 0.161 e. The van der Waals surface area contributed by atoms with Crippen LogP contribution in [0.3, 0.4) is 0 Å². The van der Waals surface area contributed by atoms with Crippen molar-refractivity contribution in [3.8, 4) is 11.5 Å². The lowest BCUT2D eigenvalue weighted by molar-refractivity contribution is -0.107. The second-order valence-electron chi connectivity index (χ2n) is 3.55. The van der Waals surface area contributed by atoms with Crippen LogP contribution < -0.4 is 4.74 Å². The van der Waals surface area contributed by atoms with Gasteiger partial charge in [0.15, 0.2) is 11.5 Å². The molecule has 1 aromatic carbocycles. The lowest BCUT2D eigenvalue weighted by Gasteiger charge is -2.13. The molecule has 1 N–H and O–H groups in total. The molecule has 0 aromatic heterocycles. The first-order valence-corrected chi connectivity index (χ1v) is 4.91. The van der Waals surface area contributed by atoms with Crippen molar-refractivity contribution in [3.63, 3.8) is 0 Å². The molecule has 0 fully saturated rings. The van der Waals surface area contributed by atoms with Gasteiger partial charge in [-0.05, 0) is 37.5 Å². The van der Waals surface area contributed by atoms with Gasteiger partial charge < -0.3 is 14.6 Å². The molecular weight excluding hydrogens is 192 g/mol. The lowest BCUT2D eigenvalue weighted by Crippen LogP contribution is -1.97. The number of carbonyl (C=O) groups is 1. The molecule has 0 unspecified atom stereocenters. The number of phenols is 1. The third-order valence-corrected chi connectivity index (χ3v) is 2.64. The van der Waals surface area contributed by atoms with Crippen molar-refractivity contribution < 1.29 is 14.6 Å². The van der Waals surface area contributed by atoms with Crippen molar-refractivity contribution in [2.24, 2.45) is 0 Å². The number of phenolic OH excluding ortho intramolecular Hbond substituents is 1. The van der Waals surface area contributed by atoms with E-state index < -0.39 is 0 Å². The molecule has 0 aliphatic carbocycles. The number of benzene rings is 1. The number of aromatic hydroxyl groups is 1. The molecule has 0 amide bonds. The first-order valence-electron chi connectivity index (χ1n) is 4.91. The Labute approximate surface area is 89.7 Å². The van der Waals surface area contributed by atoms with E-state index in [9.17, 15) is 9.90 Å². The molecule has 82 valence electrons. The predicted molar refractivity (Wildman–Crippen MR) is 58.5 cm³/mol. The average molecular weight is 208 g/mol. The number of rotatable bonds is 4. The molecule has 0 aliphatic heterocycles. The summed E-state index contributed by atoms with van der Waals surface area (Å²) in [5, 5.41) is 9.88. The zero-order valence-electron chi connectivity index (χ0n) is 9.33. The van der Waals surface area contributed by atoms with Gasteiger partial charge in [-0.3, -0.25) is 0 Å². The van der Waals surface area contributed by atoms with Gasteiger partial charge in [0, 0.05) is 12.0 Å². The fourth-order valence-electron chi connectivity index (χ4n) is 1.60. The summed E-state index contributed by atoms with van der Waals surface area (Å²) in [6, 6.07) is 1.80. The Morgan fingerprint density at radius 2 is 2.13 bits per heavy atom. The van der Waals surface area contributed by atoms with Crippen LogP contribution in [0.4, 0.5) is 0 Å². The van der Waals surface area contributed by atoms with Gasteiger partial charge in [0.25, 0.3) is 0 Å². The van der Waals surface area contributed by atoms with Crippen LogP contribution in [-0.4, -0.2) is 18.5 Å². The SMILES string of the molecule is COc1cc(C)c(C)c(CCC=O)c1O. The van der Waals surface area contributed by atoms with Gasteiger partial charge in [0.2, 0.25) is 0 Å². The molecule has 1 rings (SSSR count). The van der Waals surface area contributed by atoms with Gasteiger partial charge in [-0.15, -0.1) is 0 Å². The minimum atomic E-state index is 0.155. The van der Waals surface area contributed by atoms with E-state index >= 15 is 0 Å². The molecule has 0 saturated carbocycles. The minimum absolute atomic E-state index is 0.155. The number of hydrogen-bond donors (Lipinski definition) is 1. The first-order chi connectivity index (χ1) is 7.11. The Bertz CT molecular complexity index is 370. The van der Waals surface area contributed by atoms with Crippen molar-refractivity contribution in [3.05, 3.63) is 22.8 Å². The predicted octanol–water partition coefficient (Wildman–Crippen LogP) is 2.15. The normalized spacial score (nSPS) is 10.1. The Morgan fingerprint density at radius 3 is 2.67 bits per heavy atom. The molecule has 0 bridgehead atoms. The highest BCUT2D eigenvalue weighted by Gasteiger charge is 2.12. The van der Waals surface area contributed by atoms with Gasteiger partial charge >= 0.3 is 0 Å². The van der Waals surface area contributed by atoms with Gasteiger partial charge in [0.05, 0.1) is 7.11 Å². The maximum Gasteiger partial charge on any atom is 0.161 e. The van der Waals surface area contributed by atoms with Crippen LogP contribution in [0.1, 0.15) is 23.1 Å². The third kappa shape index (κ3) is 2.29. The van der Waals surface area contributed by atoms with E-state index in [1.165, 1.54) is 7.11 Å². The summed E-state index contributed by atoms with van der Waals surface area (Å²) in [5.41, 5.74) is 2.89. The maximum absolute atomic E-state index is 10.3. The Hall–Kier alpha value is -1.51. The quantitative estimate of drug-likeness (QED) is 0.771. The summed E-state index contributed by atoms with van der Waals surface area (Å²) in [6.45, 7) is 3.90. The van der Waals surface area contributed by atoms with Crippen molar-refractivity contribution in [2.75, 3.05) is 7.11 Å². The number of aryl methyl sites for hydroxylation is 1. The number of hydrogen-bond acceptors (Lipinski definition) is 3. The average Bonchev–Trinajstić information content (AvgIpc) is 2.23. The largest absolute Gasteiger partial charge is 0.504 e. The summed E-state index contributed by atoms with van der Waals surface area (Å²) in [5.74, 6) is 0.626. The molecule has 15 heavy (non-hydrogen) atoms. The molecule has 0 aliphatic rings.